The van der Waals surface area contributed by atoms with Crippen LogP contribution in [0, 0.1) is 5.92 Å². The van der Waals surface area contributed by atoms with E-state index in [4.69, 9.17) is 0 Å². The second-order valence-electron chi connectivity index (χ2n) is 5.02. The van der Waals surface area contributed by atoms with Crippen LogP contribution in [-0.4, -0.2) is 40.1 Å². The maximum atomic E-state index is 11.3. The number of rotatable bonds is 3. The summed E-state index contributed by atoms with van der Waals surface area (Å²) in [4.78, 5) is 17.8. The number of carbonyl (C=O) groups is 1. The Morgan fingerprint density at radius 2 is 2.24 bits per heavy atom. The minimum atomic E-state index is -0.679. The van der Waals surface area contributed by atoms with Crippen molar-refractivity contribution in [1.82, 2.24) is 9.88 Å². The number of hydrogen-bond donors (Lipinski definition) is 1. The van der Waals surface area contributed by atoms with Crippen molar-refractivity contribution in [3.63, 3.8) is 0 Å². The monoisotopic (exact) mass is 232 g/mol. The quantitative estimate of drug-likeness (QED) is 0.854. The van der Waals surface area contributed by atoms with Crippen LogP contribution in [0.25, 0.3) is 0 Å². The number of carboxylic acids is 1. The lowest BCUT2D eigenvalue weighted by Crippen LogP contribution is -2.25. The highest BCUT2D eigenvalue weighted by Gasteiger charge is 2.43. The van der Waals surface area contributed by atoms with Gasteiger partial charge in [0.05, 0.1) is 5.92 Å². The van der Waals surface area contributed by atoms with Gasteiger partial charge < -0.3 is 5.11 Å². The molecule has 0 spiro atoms. The average molecular weight is 232 g/mol. The first-order chi connectivity index (χ1) is 8.25. The summed E-state index contributed by atoms with van der Waals surface area (Å²) in [5, 5.41) is 9.32. The minimum absolute atomic E-state index is 0.0989. The first kappa shape index (κ1) is 10.7. The van der Waals surface area contributed by atoms with Crippen LogP contribution in [0.5, 0.6) is 0 Å². The fraction of sp³-hybridized carbons (Fsp3) is 0.538. The van der Waals surface area contributed by atoms with Gasteiger partial charge in [0.25, 0.3) is 0 Å². The van der Waals surface area contributed by atoms with Crippen LogP contribution >= 0.6 is 0 Å². The SMILES string of the molecule is O=C(O)[C@@H]1CN(C2CC2)C[C@H]1c1cccnc1. The van der Waals surface area contributed by atoms with E-state index in [-0.39, 0.29) is 11.8 Å². The second kappa shape index (κ2) is 4.11. The summed E-state index contributed by atoms with van der Waals surface area (Å²) < 4.78 is 0. The molecule has 4 heteroatoms. The molecule has 1 aliphatic heterocycles. The Morgan fingerprint density at radius 1 is 1.41 bits per heavy atom. The predicted molar refractivity (Wildman–Crippen MR) is 62.7 cm³/mol. The van der Waals surface area contributed by atoms with Gasteiger partial charge >= 0.3 is 5.97 Å². The first-order valence-electron chi connectivity index (χ1n) is 6.12. The van der Waals surface area contributed by atoms with Gasteiger partial charge in [-0.15, -0.1) is 0 Å². The summed E-state index contributed by atoms with van der Waals surface area (Å²) in [6, 6.07) is 4.51. The molecule has 1 N–H and O–H groups in total. The van der Waals surface area contributed by atoms with Gasteiger partial charge in [0.2, 0.25) is 0 Å². The molecule has 1 saturated carbocycles. The maximum Gasteiger partial charge on any atom is 0.308 e. The van der Waals surface area contributed by atoms with E-state index in [0.717, 1.165) is 12.1 Å². The van der Waals surface area contributed by atoms with Crippen LogP contribution in [0.3, 0.4) is 0 Å². The van der Waals surface area contributed by atoms with E-state index in [2.05, 4.69) is 9.88 Å². The van der Waals surface area contributed by atoms with Gasteiger partial charge in [-0.3, -0.25) is 14.7 Å². The zero-order chi connectivity index (χ0) is 11.8. The molecule has 17 heavy (non-hydrogen) atoms. The van der Waals surface area contributed by atoms with Crippen molar-refractivity contribution in [3.8, 4) is 0 Å². The summed E-state index contributed by atoms with van der Waals surface area (Å²) in [5.41, 5.74) is 1.06. The Balaban J connectivity index is 1.83. The highest BCUT2D eigenvalue weighted by Crippen LogP contribution is 2.38. The van der Waals surface area contributed by atoms with Crippen LogP contribution in [-0.2, 0) is 4.79 Å². The van der Waals surface area contributed by atoms with E-state index in [9.17, 15) is 9.90 Å². The standard InChI is InChI=1S/C13H16N2O2/c16-13(17)12-8-15(10-3-4-10)7-11(12)9-2-1-5-14-6-9/h1-2,5-6,10-12H,3-4,7-8H2,(H,16,17)/t11-,12+/m0/s1. The number of aromatic nitrogens is 1. The third-order valence-corrected chi connectivity index (χ3v) is 3.84. The predicted octanol–water partition coefficient (Wildman–Crippen LogP) is 1.34. The third-order valence-electron chi connectivity index (χ3n) is 3.84. The van der Waals surface area contributed by atoms with Crippen molar-refractivity contribution in [2.75, 3.05) is 13.1 Å². The summed E-state index contributed by atoms with van der Waals surface area (Å²) in [7, 11) is 0. The van der Waals surface area contributed by atoms with E-state index in [1.807, 2.05) is 12.1 Å². The van der Waals surface area contributed by atoms with Crippen LogP contribution in [0.15, 0.2) is 24.5 Å². The lowest BCUT2D eigenvalue weighted by molar-refractivity contribution is -0.141. The van der Waals surface area contributed by atoms with E-state index >= 15 is 0 Å². The lowest BCUT2D eigenvalue weighted by Gasteiger charge is -2.14. The molecule has 3 rings (SSSR count). The zero-order valence-corrected chi connectivity index (χ0v) is 9.62. The van der Waals surface area contributed by atoms with E-state index in [1.165, 1.54) is 12.8 Å². The Hall–Kier alpha value is -1.42. The normalized spacial score (nSPS) is 29.4. The smallest absolute Gasteiger partial charge is 0.308 e. The molecule has 1 aliphatic carbocycles. The maximum absolute atomic E-state index is 11.3. The van der Waals surface area contributed by atoms with E-state index in [1.54, 1.807) is 12.4 Å². The number of hydrogen-bond acceptors (Lipinski definition) is 3. The van der Waals surface area contributed by atoms with Gasteiger partial charge in [-0.25, -0.2) is 0 Å². The minimum Gasteiger partial charge on any atom is -0.481 e. The number of aliphatic carboxylic acids is 1. The van der Waals surface area contributed by atoms with Gasteiger partial charge in [0.15, 0.2) is 0 Å². The fourth-order valence-corrected chi connectivity index (χ4v) is 2.76. The van der Waals surface area contributed by atoms with Crippen molar-refractivity contribution >= 4 is 5.97 Å². The van der Waals surface area contributed by atoms with Crippen LogP contribution in [0.2, 0.25) is 0 Å². The molecule has 0 amide bonds. The summed E-state index contributed by atoms with van der Waals surface area (Å²) in [5.74, 6) is -0.858. The van der Waals surface area contributed by atoms with Crippen molar-refractivity contribution in [2.24, 2.45) is 5.92 Å². The topological polar surface area (TPSA) is 53.4 Å². The Kier molecular flexibility index (Phi) is 2.59. The molecule has 0 aromatic carbocycles. The van der Waals surface area contributed by atoms with E-state index < -0.39 is 5.97 Å². The first-order valence-corrected chi connectivity index (χ1v) is 6.12. The fourth-order valence-electron chi connectivity index (χ4n) is 2.76. The molecule has 1 aromatic heterocycles. The van der Waals surface area contributed by atoms with E-state index in [0.29, 0.717) is 12.6 Å². The van der Waals surface area contributed by atoms with Gasteiger partial charge in [-0.1, -0.05) is 6.07 Å². The van der Waals surface area contributed by atoms with Crippen molar-refractivity contribution in [2.45, 2.75) is 24.8 Å². The number of carboxylic acid groups (broad SMARTS) is 1. The Labute approximate surface area is 100 Å². The number of pyridine rings is 1. The van der Waals surface area contributed by atoms with Gasteiger partial charge in [-0.05, 0) is 24.5 Å². The third kappa shape index (κ3) is 2.05. The van der Waals surface area contributed by atoms with Crippen LogP contribution in [0.4, 0.5) is 0 Å². The molecule has 0 unspecified atom stereocenters. The van der Waals surface area contributed by atoms with Crippen molar-refractivity contribution in [1.29, 1.82) is 0 Å². The van der Waals surface area contributed by atoms with Crippen molar-refractivity contribution < 1.29 is 9.90 Å². The molecule has 2 atom stereocenters. The highest BCUT2D eigenvalue weighted by molar-refractivity contribution is 5.72. The number of likely N-dealkylation sites (tertiary alicyclic amines) is 1. The molecule has 2 fully saturated rings. The Morgan fingerprint density at radius 3 is 2.82 bits per heavy atom. The molecule has 90 valence electrons. The van der Waals surface area contributed by atoms with Gasteiger partial charge in [0.1, 0.15) is 0 Å². The van der Waals surface area contributed by atoms with Crippen LogP contribution < -0.4 is 0 Å². The summed E-state index contributed by atoms with van der Waals surface area (Å²) in [6.45, 7) is 1.56. The summed E-state index contributed by atoms with van der Waals surface area (Å²) >= 11 is 0. The number of nitrogens with zero attached hydrogens (tertiary/aromatic N) is 2. The highest BCUT2D eigenvalue weighted by atomic mass is 16.4. The Bertz CT molecular complexity index is 417. The molecule has 2 aliphatic rings. The molecule has 0 radical (unpaired) electrons. The van der Waals surface area contributed by atoms with Crippen molar-refractivity contribution in [3.05, 3.63) is 30.1 Å². The summed E-state index contributed by atoms with van der Waals surface area (Å²) in [6.07, 6.45) is 5.99. The molecular weight excluding hydrogens is 216 g/mol. The molecule has 4 nitrogen and oxygen atoms in total. The molecule has 1 aromatic rings. The lowest BCUT2D eigenvalue weighted by atomic mass is 9.90. The van der Waals surface area contributed by atoms with Crippen LogP contribution in [0.1, 0.15) is 24.3 Å². The second-order valence-corrected chi connectivity index (χ2v) is 5.02. The zero-order valence-electron chi connectivity index (χ0n) is 9.62. The average Bonchev–Trinajstić information content (AvgIpc) is 3.09. The van der Waals surface area contributed by atoms with Gasteiger partial charge in [0, 0.05) is 37.4 Å². The molecule has 2 heterocycles. The molecule has 1 saturated heterocycles. The van der Waals surface area contributed by atoms with Gasteiger partial charge in [-0.2, -0.15) is 0 Å². The molecule has 0 bridgehead atoms. The largest absolute Gasteiger partial charge is 0.481 e. The molecular formula is C13H16N2O2.